The molecule has 1 heterocycles. The van der Waals surface area contributed by atoms with Crippen LogP contribution in [0.2, 0.25) is 0 Å². The third-order valence-electron chi connectivity index (χ3n) is 3.94. The molecule has 1 aliphatic rings. The molecule has 0 aromatic heterocycles. The Morgan fingerprint density at radius 3 is 2.90 bits per heavy atom. The lowest BCUT2D eigenvalue weighted by molar-refractivity contribution is 0.781. The third kappa shape index (κ3) is 3.08. The van der Waals surface area contributed by atoms with E-state index in [4.69, 9.17) is 12.2 Å². The summed E-state index contributed by atoms with van der Waals surface area (Å²) in [6.45, 7) is 3.15. The van der Waals surface area contributed by atoms with E-state index in [9.17, 15) is 0 Å². The number of benzene rings is 2. The van der Waals surface area contributed by atoms with Crippen LogP contribution in [0.1, 0.15) is 24.5 Å². The summed E-state index contributed by atoms with van der Waals surface area (Å²) in [5.41, 5.74) is 5.02. The molecule has 21 heavy (non-hydrogen) atoms. The molecule has 0 amide bonds. The van der Waals surface area contributed by atoms with Crippen LogP contribution in [-0.4, -0.2) is 11.7 Å². The van der Waals surface area contributed by atoms with Gasteiger partial charge in [-0.05, 0) is 60.8 Å². The molecule has 0 fully saturated rings. The highest BCUT2D eigenvalue weighted by atomic mass is 32.1. The zero-order valence-electron chi connectivity index (χ0n) is 12.3. The van der Waals surface area contributed by atoms with Gasteiger partial charge in [-0.1, -0.05) is 37.3 Å². The smallest absolute Gasteiger partial charge is 0.177 e. The van der Waals surface area contributed by atoms with E-state index in [-0.39, 0.29) is 0 Å². The fourth-order valence-corrected chi connectivity index (χ4v) is 3.11. The molecule has 2 aromatic carbocycles. The van der Waals surface area contributed by atoms with Gasteiger partial charge in [0.05, 0.1) is 0 Å². The fourth-order valence-electron chi connectivity index (χ4n) is 2.80. The first-order valence-electron chi connectivity index (χ1n) is 7.53. The summed E-state index contributed by atoms with van der Waals surface area (Å²) in [5, 5.41) is 4.17. The van der Waals surface area contributed by atoms with Crippen molar-refractivity contribution in [1.29, 1.82) is 0 Å². The minimum absolute atomic E-state index is 0.787. The largest absolute Gasteiger partial charge is 0.332 e. The summed E-state index contributed by atoms with van der Waals surface area (Å²) in [4.78, 5) is 2.22. The first-order valence-corrected chi connectivity index (χ1v) is 7.94. The highest BCUT2D eigenvalue weighted by Crippen LogP contribution is 2.27. The Morgan fingerprint density at radius 1 is 1.19 bits per heavy atom. The summed E-state index contributed by atoms with van der Waals surface area (Å²) in [6.07, 6.45) is 3.32. The van der Waals surface area contributed by atoms with Crippen LogP contribution in [0.4, 0.5) is 11.4 Å². The quantitative estimate of drug-likeness (QED) is 0.827. The molecule has 0 atom stereocenters. The monoisotopic (exact) mass is 296 g/mol. The number of aryl methyl sites for hydroxylation is 2. The topological polar surface area (TPSA) is 15.3 Å². The Labute approximate surface area is 131 Å². The lowest BCUT2D eigenvalue weighted by Crippen LogP contribution is -2.38. The average Bonchev–Trinajstić information content (AvgIpc) is 2.54. The number of rotatable bonds is 2. The zero-order valence-corrected chi connectivity index (χ0v) is 13.1. The second-order valence-corrected chi connectivity index (χ2v) is 5.75. The summed E-state index contributed by atoms with van der Waals surface area (Å²) in [5.74, 6) is 0. The summed E-state index contributed by atoms with van der Waals surface area (Å²) in [7, 11) is 0. The minimum Gasteiger partial charge on any atom is -0.332 e. The molecule has 0 saturated carbocycles. The summed E-state index contributed by atoms with van der Waals surface area (Å²) < 4.78 is 0. The first kappa shape index (κ1) is 14.1. The van der Waals surface area contributed by atoms with Crippen LogP contribution >= 0.6 is 12.2 Å². The molecule has 2 aromatic rings. The van der Waals surface area contributed by atoms with E-state index in [2.05, 4.69) is 65.7 Å². The van der Waals surface area contributed by atoms with Gasteiger partial charge in [-0.25, -0.2) is 0 Å². The molecule has 108 valence electrons. The van der Waals surface area contributed by atoms with Crippen molar-refractivity contribution in [2.75, 3.05) is 16.8 Å². The zero-order chi connectivity index (χ0) is 14.7. The number of nitrogens with zero attached hydrogens (tertiary/aromatic N) is 1. The van der Waals surface area contributed by atoms with Crippen molar-refractivity contribution in [3.63, 3.8) is 0 Å². The fraction of sp³-hybridized carbons (Fsp3) is 0.278. The van der Waals surface area contributed by atoms with Crippen LogP contribution in [0.15, 0.2) is 48.5 Å². The van der Waals surface area contributed by atoms with E-state index < -0.39 is 0 Å². The summed E-state index contributed by atoms with van der Waals surface area (Å²) >= 11 is 5.63. The molecule has 3 heteroatoms. The van der Waals surface area contributed by atoms with Gasteiger partial charge in [-0.2, -0.15) is 0 Å². The summed E-state index contributed by atoms with van der Waals surface area (Å²) in [6, 6.07) is 17.0. The van der Waals surface area contributed by atoms with Gasteiger partial charge in [0.25, 0.3) is 0 Å². The molecule has 0 unspecified atom stereocenters. The molecule has 3 rings (SSSR count). The molecule has 1 N–H and O–H groups in total. The average molecular weight is 296 g/mol. The number of hydrogen-bond donors (Lipinski definition) is 1. The number of hydrogen-bond acceptors (Lipinski definition) is 1. The van der Waals surface area contributed by atoms with Crippen molar-refractivity contribution in [3.05, 3.63) is 59.7 Å². The number of para-hydroxylation sites is 1. The molecular formula is C18H20N2S. The van der Waals surface area contributed by atoms with Gasteiger partial charge in [0.1, 0.15) is 0 Å². The van der Waals surface area contributed by atoms with E-state index in [0.717, 1.165) is 36.6 Å². The van der Waals surface area contributed by atoms with Crippen LogP contribution in [0, 0.1) is 0 Å². The van der Waals surface area contributed by atoms with Gasteiger partial charge < -0.3 is 10.2 Å². The van der Waals surface area contributed by atoms with Crippen LogP contribution in [0.5, 0.6) is 0 Å². The van der Waals surface area contributed by atoms with E-state index in [0.29, 0.717) is 0 Å². The molecule has 2 nitrogen and oxygen atoms in total. The Bertz CT molecular complexity index is 651. The second kappa shape index (κ2) is 6.27. The van der Waals surface area contributed by atoms with Gasteiger partial charge >= 0.3 is 0 Å². The third-order valence-corrected chi connectivity index (χ3v) is 4.26. The Balaban J connectivity index is 1.80. The highest BCUT2D eigenvalue weighted by Gasteiger charge is 2.19. The second-order valence-electron chi connectivity index (χ2n) is 5.37. The predicted octanol–water partition coefficient (Wildman–Crippen LogP) is 4.40. The van der Waals surface area contributed by atoms with Crippen LogP contribution in [0.25, 0.3) is 0 Å². The Morgan fingerprint density at radius 2 is 2.05 bits per heavy atom. The van der Waals surface area contributed by atoms with Gasteiger partial charge in [0.2, 0.25) is 0 Å². The standard InChI is InChI=1S/C18H20N2S/c1-2-14-7-5-10-16(13-14)19-18(21)20-12-6-9-15-8-3-4-11-17(15)20/h3-5,7-8,10-11,13H,2,6,9,12H2,1H3,(H,19,21). The Kier molecular flexibility index (Phi) is 4.20. The molecule has 1 aliphatic heterocycles. The Hall–Kier alpha value is -1.87. The lowest BCUT2D eigenvalue weighted by Gasteiger charge is -2.31. The van der Waals surface area contributed by atoms with Gasteiger partial charge in [-0.15, -0.1) is 0 Å². The van der Waals surface area contributed by atoms with Crippen molar-refractivity contribution in [3.8, 4) is 0 Å². The van der Waals surface area contributed by atoms with Crippen molar-refractivity contribution in [2.24, 2.45) is 0 Å². The normalized spacial score (nSPS) is 13.7. The maximum atomic E-state index is 5.63. The van der Waals surface area contributed by atoms with Crippen LogP contribution in [0.3, 0.4) is 0 Å². The lowest BCUT2D eigenvalue weighted by atomic mass is 10.0. The maximum absolute atomic E-state index is 5.63. The molecular weight excluding hydrogens is 276 g/mol. The number of fused-ring (bicyclic) bond motifs is 1. The van der Waals surface area contributed by atoms with Crippen molar-refractivity contribution in [2.45, 2.75) is 26.2 Å². The van der Waals surface area contributed by atoms with E-state index in [1.165, 1.54) is 16.8 Å². The number of nitrogens with one attached hydrogen (secondary N) is 1. The van der Waals surface area contributed by atoms with Crippen LogP contribution in [-0.2, 0) is 12.8 Å². The van der Waals surface area contributed by atoms with Gasteiger partial charge in [-0.3, -0.25) is 0 Å². The molecule has 0 aliphatic carbocycles. The van der Waals surface area contributed by atoms with E-state index in [1.807, 2.05) is 0 Å². The molecule has 0 radical (unpaired) electrons. The molecule has 0 bridgehead atoms. The highest BCUT2D eigenvalue weighted by molar-refractivity contribution is 7.80. The van der Waals surface area contributed by atoms with Crippen molar-refractivity contribution in [1.82, 2.24) is 0 Å². The minimum atomic E-state index is 0.787. The van der Waals surface area contributed by atoms with E-state index in [1.54, 1.807) is 0 Å². The van der Waals surface area contributed by atoms with Crippen molar-refractivity contribution < 1.29 is 0 Å². The van der Waals surface area contributed by atoms with Gasteiger partial charge in [0.15, 0.2) is 5.11 Å². The van der Waals surface area contributed by atoms with Crippen LogP contribution < -0.4 is 10.2 Å². The number of anilines is 2. The molecule has 0 spiro atoms. The predicted molar refractivity (Wildman–Crippen MR) is 94.1 cm³/mol. The van der Waals surface area contributed by atoms with Crippen molar-refractivity contribution >= 4 is 28.7 Å². The van der Waals surface area contributed by atoms with Gasteiger partial charge in [0, 0.05) is 17.9 Å². The number of thiocarbonyl (C=S) groups is 1. The van der Waals surface area contributed by atoms with E-state index >= 15 is 0 Å². The SMILES string of the molecule is CCc1cccc(NC(=S)N2CCCc3ccccc32)c1. The molecule has 0 saturated heterocycles. The maximum Gasteiger partial charge on any atom is 0.177 e. The first-order chi connectivity index (χ1) is 10.3.